The number of nitrogens with zero attached hydrogens (tertiary/aromatic N) is 3. The van der Waals surface area contributed by atoms with E-state index in [9.17, 15) is 4.79 Å². The van der Waals surface area contributed by atoms with Crippen molar-refractivity contribution < 1.29 is 4.79 Å². The summed E-state index contributed by atoms with van der Waals surface area (Å²) >= 11 is 1.59. The van der Waals surface area contributed by atoms with Gasteiger partial charge in [-0.3, -0.25) is 4.79 Å². The first kappa shape index (κ1) is 16.4. The average Bonchev–Trinajstić information content (AvgIpc) is 3.26. The number of hydrogen-bond donors (Lipinski definition) is 1. The number of hydrogen-bond acceptors (Lipinski definition) is 4. The Morgan fingerprint density at radius 1 is 1.21 bits per heavy atom. The summed E-state index contributed by atoms with van der Waals surface area (Å²) in [6.07, 6.45) is 1.85. The molecular formula is C18H20N4OS. The van der Waals surface area contributed by atoms with Crippen molar-refractivity contribution in [1.82, 2.24) is 20.3 Å². The van der Waals surface area contributed by atoms with Crippen LogP contribution in [0.5, 0.6) is 0 Å². The van der Waals surface area contributed by atoms with Gasteiger partial charge in [0.2, 0.25) is 5.91 Å². The smallest absolute Gasteiger partial charge is 0.228 e. The highest BCUT2D eigenvalue weighted by Gasteiger charge is 2.29. The van der Waals surface area contributed by atoms with E-state index < -0.39 is 5.54 Å². The van der Waals surface area contributed by atoms with Gasteiger partial charge in [-0.15, -0.1) is 16.4 Å². The van der Waals surface area contributed by atoms with Crippen LogP contribution in [-0.2, 0) is 10.3 Å². The second-order valence-corrected chi connectivity index (χ2v) is 7.21. The molecule has 0 aliphatic rings. The molecule has 1 N–H and O–H groups in total. The molecule has 1 aromatic carbocycles. The summed E-state index contributed by atoms with van der Waals surface area (Å²) in [6.45, 7) is 5.79. The van der Waals surface area contributed by atoms with Crippen LogP contribution in [0.3, 0.4) is 0 Å². The third kappa shape index (κ3) is 3.38. The van der Waals surface area contributed by atoms with Crippen molar-refractivity contribution in [3.8, 4) is 5.69 Å². The van der Waals surface area contributed by atoms with Crippen LogP contribution < -0.4 is 5.32 Å². The lowest BCUT2D eigenvalue weighted by Crippen LogP contribution is -2.43. The molecule has 1 atom stereocenters. The molecule has 0 radical (unpaired) electrons. The van der Waals surface area contributed by atoms with Crippen LogP contribution in [-0.4, -0.2) is 20.9 Å². The predicted octanol–water partition coefficient (Wildman–Crippen LogP) is 3.48. The first-order chi connectivity index (χ1) is 11.5. The van der Waals surface area contributed by atoms with Gasteiger partial charge in [-0.05, 0) is 44.4 Å². The topological polar surface area (TPSA) is 59.8 Å². The molecule has 0 unspecified atom stereocenters. The maximum Gasteiger partial charge on any atom is 0.228 e. The number of para-hydroxylation sites is 1. The van der Waals surface area contributed by atoms with E-state index in [1.165, 1.54) is 0 Å². The fourth-order valence-corrected chi connectivity index (χ4v) is 3.19. The summed E-state index contributed by atoms with van der Waals surface area (Å²) < 4.78 is 1.71. The molecule has 0 spiro atoms. The van der Waals surface area contributed by atoms with Crippen molar-refractivity contribution >= 4 is 17.2 Å². The van der Waals surface area contributed by atoms with E-state index in [0.29, 0.717) is 0 Å². The van der Waals surface area contributed by atoms with Gasteiger partial charge >= 0.3 is 0 Å². The number of rotatable bonds is 5. The molecule has 3 aromatic rings. The SMILES string of the molecule is C[C@H](C(=O)NC(C)(C)c1cn(-c2ccccc2)nn1)c1cccs1. The van der Waals surface area contributed by atoms with Gasteiger partial charge in [0.05, 0.1) is 23.3 Å². The van der Waals surface area contributed by atoms with Crippen LogP contribution in [0.1, 0.15) is 37.3 Å². The van der Waals surface area contributed by atoms with E-state index in [4.69, 9.17) is 0 Å². The Morgan fingerprint density at radius 3 is 2.62 bits per heavy atom. The molecule has 2 aromatic heterocycles. The molecule has 6 heteroatoms. The Hall–Kier alpha value is -2.47. The number of carbonyl (C=O) groups is 1. The fourth-order valence-electron chi connectivity index (χ4n) is 2.40. The molecule has 124 valence electrons. The Kier molecular flexibility index (Phi) is 4.49. The average molecular weight is 340 g/mol. The standard InChI is InChI=1S/C18H20N4OS/c1-13(15-10-7-11-24-15)17(23)19-18(2,3)16-12-22(21-20-16)14-8-5-4-6-9-14/h4-13H,1-3H3,(H,19,23)/t13-/m0/s1. The van der Waals surface area contributed by atoms with Gasteiger partial charge in [0.1, 0.15) is 5.69 Å². The van der Waals surface area contributed by atoms with Gasteiger partial charge in [0.15, 0.2) is 0 Å². The molecular weight excluding hydrogens is 320 g/mol. The molecule has 2 heterocycles. The van der Waals surface area contributed by atoms with E-state index in [-0.39, 0.29) is 11.8 Å². The van der Waals surface area contributed by atoms with Crippen molar-refractivity contribution in [2.24, 2.45) is 0 Å². The van der Waals surface area contributed by atoms with Crippen molar-refractivity contribution in [3.63, 3.8) is 0 Å². The van der Waals surface area contributed by atoms with Gasteiger partial charge in [-0.2, -0.15) is 0 Å². The van der Waals surface area contributed by atoms with Gasteiger partial charge in [-0.25, -0.2) is 4.68 Å². The molecule has 0 aliphatic carbocycles. The minimum absolute atomic E-state index is 0.0169. The van der Waals surface area contributed by atoms with Crippen LogP contribution in [0.2, 0.25) is 0 Å². The molecule has 0 saturated heterocycles. The number of nitrogens with one attached hydrogen (secondary N) is 1. The molecule has 1 amide bonds. The number of aromatic nitrogens is 3. The highest BCUT2D eigenvalue weighted by Crippen LogP contribution is 2.24. The molecule has 0 saturated carbocycles. The largest absolute Gasteiger partial charge is 0.345 e. The summed E-state index contributed by atoms with van der Waals surface area (Å²) in [6, 6.07) is 13.7. The lowest BCUT2D eigenvalue weighted by atomic mass is 9.99. The summed E-state index contributed by atoms with van der Waals surface area (Å²) in [4.78, 5) is 13.6. The lowest BCUT2D eigenvalue weighted by molar-refractivity contribution is -0.123. The molecule has 24 heavy (non-hydrogen) atoms. The molecule has 5 nitrogen and oxygen atoms in total. The molecule has 0 aliphatic heterocycles. The number of thiophene rings is 1. The Bertz CT molecular complexity index is 809. The fraction of sp³-hybridized carbons (Fsp3) is 0.278. The van der Waals surface area contributed by atoms with Crippen LogP contribution in [0.15, 0.2) is 54.0 Å². The maximum atomic E-state index is 12.5. The normalized spacial score (nSPS) is 12.8. The van der Waals surface area contributed by atoms with Crippen molar-refractivity contribution in [2.45, 2.75) is 32.2 Å². The van der Waals surface area contributed by atoms with E-state index in [1.54, 1.807) is 16.0 Å². The van der Waals surface area contributed by atoms with Crippen molar-refractivity contribution in [3.05, 3.63) is 64.6 Å². The summed E-state index contributed by atoms with van der Waals surface area (Å²) in [5.41, 5.74) is 1.05. The molecule has 0 bridgehead atoms. The van der Waals surface area contributed by atoms with E-state index in [0.717, 1.165) is 16.3 Å². The van der Waals surface area contributed by atoms with Crippen LogP contribution in [0.4, 0.5) is 0 Å². The molecule has 0 fully saturated rings. The predicted molar refractivity (Wildman–Crippen MR) is 95.3 cm³/mol. The third-order valence-corrected chi connectivity index (χ3v) is 5.01. The van der Waals surface area contributed by atoms with E-state index >= 15 is 0 Å². The zero-order valence-electron chi connectivity index (χ0n) is 13.9. The van der Waals surface area contributed by atoms with Gasteiger partial charge in [0.25, 0.3) is 0 Å². The lowest BCUT2D eigenvalue weighted by Gasteiger charge is -2.25. The maximum absolute atomic E-state index is 12.5. The quantitative estimate of drug-likeness (QED) is 0.773. The van der Waals surface area contributed by atoms with Gasteiger partial charge in [-0.1, -0.05) is 29.5 Å². The highest BCUT2D eigenvalue weighted by molar-refractivity contribution is 7.10. The van der Waals surface area contributed by atoms with E-state index in [1.807, 2.05) is 74.8 Å². The van der Waals surface area contributed by atoms with Crippen LogP contribution in [0, 0.1) is 0 Å². The van der Waals surface area contributed by atoms with Crippen LogP contribution in [0.25, 0.3) is 5.69 Å². The Labute approximate surface area is 145 Å². The van der Waals surface area contributed by atoms with E-state index in [2.05, 4.69) is 15.6 Å². The second kappa shape index (κ2) is 6.57. The molecule has 3 rings (SSSR count). The van der Waals surface area contributed by atoms with Gasteiger partial charge in [0, 0.05) is 4.88 Å². The Balaban J connectivity index is 1.76. The monoisotopic (exact) mass is 340 g/mol. The number of carbonyl (C=O) groups excluding carboxylic acids is 1. The summed E-state index contributed by atoms with van der Waals surface area (Å²) in [5, 5.41) is 13.5. The van der Waals surface area contributed by atoms with Crippen LogP contribution >= 0.6 is 11.3 Å². The first-order valence-corrected chi connectivity index (χ1v) is 8.69. The zero-order chi connectivity index (χ0) is 17.2. The third-order valence-electron chi connectivity index (χ3n) is 3.95. The number of benzene rings is 1. The Morgan fingerprint density at radius 2 is 1.96 bits per heavy atom. The van der Waals surface area contributed by atoms with Crippen molar-refractivity contribution in [1.29, 1.82) is 0 Å². The summed E-state index contributed by atoms with van der Waals surface area (Å²) in [5.74, 6) is -0.204. The zero-order valence-corrected chi connectivity index (χ0v) is 14.7. The second-order valence-electron chi connectivity index (χ2n) is 6.24. The highest BCUT2D eigenvalue weighted by atomic mass is 32.1. The minimum atomic E-state index is -0.602. The minimum Gasteiger partial charge on any atom is -0.345 e. The van der Waals surface area contributed by atoms with Gasteiger partial charge < -0.3 is 5.32 Å². The van der Waals surface area contributed by atoms with Crippen molar-refractivity contribution in [2.75, 3.05) is 0 Å². The number of amides is 1. The summed E-state index contributed by atoms with van der Waals surface area (Å²) in [7, 11) is 0. The first-order valence-electron chi connectivity index (χ1n) is 7.81.